The zero-order valence-electron chi connectivity index (χ0n) is 9.75. The van der Waals surface area contributed by atoms with Crippen LogP contribution in [0.2, 0.25) is 0 Å². The highest BCUT2D eigenvalue weighted by molar-refractivity contribution is 5.56. The number of furan rings is 1. The Labute approximate surface area is 104 Å². The first-order valence-electron chi connectivity index (χ1n) is 5.47. The highest BCUT2D eigenvalue weighted by Gasteiger charge is 2.23. The SMILES string of the molecule is COc1cc(C(O)c2ccoc2)cc2c1OCO2. The Bertz CT molecular complexity index is 547. The van der Waals surface area contributed by atoms with Gasteiger partial charge in [0.15, 0.2) is 11.5 Å². The minimum Gasteiger partial charge on any atom is -0.493 e. The molecule has 1 aromatic heterocycles. The maximum absolute atomic E-state index is 10.2. The van der Waals surface area contributed by atoms with E-state index in [-0.39, 0.29) is 6.79 Å². The molecule has 0 spiro atoms. The van der Waals surface area contributed by atoms with E-state index in [4.69, 9.17) is 18.6 Å². The predicted octanol–water partition coefficient (Wildman–Crippen LogP) is 2.10. The second-order valence-electron chi connectivity index (χ2n) is 3.92. The summed E-state index contributed by atoms with van der Waals surface area (Å²) in [5.41, 5.74) is 1.34. The Morgan fingerprint density at radius 1 is 1.28 bits per heavy atom. The lowest BCUT2D eigenvalue weighted by Gasteiger charge is -2.12. The zero-order chi connectivity index (χ0) is 12.5. The van der Waals surface area contributed by atoms with E-state index in [1.165, 1.54) is 12.5 Å². The first-order valence-corrected chi connectivity index (χ1v) is 5.47. The molecule has 0 radical (unpaired) electrons. The summed E-state index contributed by atoms with van der Waals surface area (Å²) in [5.74, 6) is 1.69. The number of aliphatic hydroxyl groups excluding tert-OH is 1. The van der Waals surface area contributed by atoms with Crippen LogP contribution in [0.15, 0.2) is 35.1 Å². The smallest absolute Gasteiger partial charge is 0.231 e. The van der Waals surface area contributed by atoms with Gasteiger partial charge in [0.25, 0.3) is 0 Å². The van der Waals surface area contributed by atoms with E-state index < -0.39 is 6.10 Å². The summed E-state index contributed by atoms with van der Waals surface area (Å²) in [6, 6.07) is 5.18. The van der Waals surface area contributed by atoms with Crippen LogP contribution < -0.4 is 14.2 Å². The quantitative estimate of drug-likeness (QED) is 0.901. The van der Waals surface area contributed by atoms with Gasteiger partial charge in [0.05, 0.1) is 19.6 Å². The molecule has 2 aromatic rings. The van der Waals surface area contributed by atoms with E-state index in [2.05, 4.69) is 0 Å². The second-order valence-corrected chi connectivity index (χ2v) is 3.92. The Kier molecular flexibility index (Phi) is 2.60. The van der Waals surface area contributed by atoms with E-state index in [1.54, 1.807) is 25.3 Å². The van der Waals surface area contributed by atoms with Crippen molar-refractivity contribution in [3.63, 3.8) is 0 Å². The molecule has 2 heterocycles. The normalized spacial score (nSPS) is 14.6. The highest BCUT2D eigenvalue weighted by atomic mass is 16.7. The van der Waals surface area contributed by atoms with Gasteiger partial charge in [-0.05, 0) is 23.8 Å². The predicted molar refractivity (Wildman–Crippen MR) is 61.9 cm³/mol. The van der Waals surface area contributed by atoms with Gasteiger partial charge in [0, 0.05) is 5.56 Å². The third kappa shape index (κ3) is 1.69. The third-order valence-corrected chi connectivity index (χ3v) is 2.86. The molecule has 1 atom stereocenters. The number of methoxy groups -OCH3 is 1. The molecule has 1 unspecified atom stereocenters. The van der Waals surface area contributed by atoms with Crippen molar-refractivity contribution in [3.05, 3.63) is 41.9 Å². The van der Waals surface area contributed by atoms with E-state index in [1.807, 2.05) is 0 Å². The van der Waals surface area contributed by atoms with Gasteiger partial charge < -0.3 is 23.7 Å². The summed E-state index contributed by atoms with van der Waals surface area (Å²) in [7, 11) is 1.55. The van der Waals surface area contributed by atoms with E-state index in [0.29, 0.717) is 28.4 Å². The number of benzene rings is 1. The van der Waals surface area contributed by atoms with Crippen LogP contribution in [0.25, 0.3) is 0 Å². The number of ether oxygens (including phenoxy) is 3. The van der Waals surface area contributed by atoms with Gasteiger partial charge in [-0.1, -0.05) is 0 Å². The molecular weight excluding hydrogens is 236 g/mol. The van der Waals surface area contributed by atoms with Gasteiger partial charge in [-0.2, -0.15) is 0 Å². The number of hydrogen-bond acceptors (Lipinski definition) is 5. The fourth-order valence-electron chi connectivity index (χ4n) is 1.93. The lowest BCUT2D eigenvalue weighted by Crippen LogP contribution is -1.99. The fourth-order valence-corrected chi connectivity index (χ4v) is 1.93. The topological polar surface area (TPSA) is 61.1 Å². The van der Waals surface area contributed by atoms with Crippen LogP contribution in [0.4, 0.5) is 0 Å². The van der Waals surface area contributed by atoms with Crippen molar-refractivity contribution in [1.29, 1.82) is 0 Å². The maximum Gasteiger partial charge on any atom is 0.231 e. The van der Waals surface area contributed by atoms with Crippen LogP contribution in [0.1, 0.15) is 17.2 Å². The second kappa shape index (κ2) is 4.27. The van der Waals surface area contributed by atoms with Crippen molar-refractivity contribution in [2.24, 2.45) is 0 Å². The van der Waals surface area contributed by atoms with Gasteiger partial charge in [0.1, 0.15) is 6.10 Å². The van der Waals surface area contributed by atoms with Crippen LogP contribution in [-0.4, -0.2) is 19.0 Å². The van der Waals surface area contributed by atoms with Crippen LogP contribution in [0.5, 0.6) is 17.2 Å². The Morgan fingerprint density at radius 2 is 2.17 bits per heavy atom. The van der Waals surface area contributed by atoms with Gasteiger partial charge in [-0.25, -0.2) is 0 Å². The summed E-state index contributed by atoms with van der Waals surface area (Å²) in [6.07, 6.45) is 2.23. The van der Waals surface area contributed by atoms with Gasteiger partial charge in [-0.15, -0.1) is 0 Å². The number of fused-ring (bicyclic) bond motifs is 1. The van der Waals surface area contributed by atoms with Crippen molar-refractivity contribution in [2.45, 2.75) is 6.10 Å². The first kappa shape index (κ1) is 11.0. The molecule has 1 N–H and O–H groups in total. The third-order valence-electron chi connectivity index (χ3n) is 2.86. The van der Waals surface area contributed by atoms with Crippen LogP contribution in [0, 0.1) is 0 Å². The van der Waals surface area contributed by atoms with Crippen molar-refractivity contribution in [3.8, 4) is 17.2 Å². The molecule has 0 aliphatic carbocycles. The lowest BCUT2D eigenvalue weighted by molar-refractivity contribution is 0.171. The summed E-state index contributed by atoms with van der Waals surface area (Å²) in [5, 5.41) is 10.2. The summed E-state index contributed by atoms with van der Waals surface area (Å²) in [6.45, 7) is 0.164. The average Bonchev–Trinajstić information content (AvgIpc) is 3.07. The Hall–Kier alpha value is -2.14. The van der Waals surface area contributed by atoms with Crippen molar-refractivity contribution in [1.82, 2.24) is 0 Å². The molecule has 3 rings (SSSR count). The molecular formula is C13H12O5. The van der Waals surface area contributed by atoms with E-state index in [9.17, 15) is 5.11 Å². The molecule has 1 aliphatic rings. The molecule has 5 nitrogen and oxygen atoms in total. The Morgan fingerprint density at radius 3 is 2.89 bits per heavy atom. The van der Waals surface area contributed by atoms with Crippen LogP contribution in [0.3, 0.4) is 0 Å². The highest BCUT2D eigenvalue weighted by Crippen LogP contribution is 2.43. The first-order chi connectivity index (χ1) is 8.79. The van der Waals surface area contributed by atoms with Crippen molar-refractivity contribution >= 4 is 0 Å². The lowest BCUT2D eigenvalue weighted by atomic mass is 10.0. The minimum absolute atomic E-state index is 0.164. The largest absolute Gasteiger partial charge is 0.493 e. The molecule has 1 aliphatic heterocycles. The molecule has 0 amide bonds. The summed E-state index contributed by atoms with van der Waals surface area (Å²) >= 11 is 0. The molecule has 94 valence electrons. The van der Waals surface area contributed by atoms with E-state index >= 15 is 0 Å². The molecule has 0 saturated carbocycles. The Balaban J connectivity index is 2.03. The van der Waals surface area contributed by atoms with Crippen molar-refractivity contribution in [2.75, 3.05) is 13.9 Å². The van der Waals surface area contributed by atoms with Gasteiger partial charge >= 0.3 is 0 Å². The van der Waals surface area contributed by atoms with E-state index in [0.717, 1.165) is 0 Å². The molecule has 5 heteroatoms. The molecule has 1 aromatic carbocycles. The standard InChI is InChI=1S/C13H12O5/c1-15-10-4-9(5-11-13(10)18-7-17-11)12(14)8-2-3-16-6-8/h2-6,12,14H,7H2,1H3. The fraction of sp³-hybridized carbons (Fsp3) is 0.231. The number of aliphatic hydroxyl groups is 1. The average molecular weight is 248 g/mol. The molecule has 18 heavy (non-hydrogen) atoms. The van der Waals surface area contributed by atoms with Gasteiger partial charge in [-0.3, -0.25) is 0 Å². The number of rotatable bonds is 3. The van der Waals surface area contributed by atoms with Crippen LogP contribution in [-0.2, 0) is 0 Å². The number of hydrogen-bond donors (Lipinski definition) is 1. The van der Waals surface area contributed by atoms with Crippen LogP contribution >= 0.6 is 0 Å². The monoisotopic (exact) mass is 248 g/mol. The zero-order valence-corrected chi connectivity index (χ0v) is 9.75. The molecule has 0 bridgehead atoms. The maximum atomic E-state index is 10.2. The molecule has 0 fully saturated rings. The summed E-state index contributed by atoms with van der Waals surface area (Å²) in [4.78, 5) is 0. The minimum atomic E-state index is -0.785. The summed E-state index contributed by atoms with van der Waals surface area (Å²) < 4.78 is 20.8. The van der Waals surface area contributed by atoms with Gasteiger partial charge in [0.2, 0.25) is 12.5 Å². The van der Waals surface area contributed by atoms with Crippen molar-refractivity contribution < 1.29 is 23.7 Å². The molecule has 0 saturated heterocycles.